The van der Waals surface area contributed by atoms with E-state index in [9.17, 15) is 13.2 Å². The summed E-state index contributed by atoms with van der Waals surface area (Å²) in [5.41, 5.74) is 0.670. The van der Waals surface area contributed by atoms with Gasteiger partial charge in [-0.25, -0.2) is 9.78 Å². The monoisotopic (exact) mass is 481 g/mol. The van der Waals surface area contributed by atoms with Crippen molar-refractivity contribution < 1.29 is 21.5 Å². The molecule has 5 rings (SSSR count). The molecule has 1 aromatic carbocycles. The second kappa shape index (κ2) is 7.65. The number of aromatic nitrogens is 1. The van der Waals surface area contributed by atoms with Crippen molar-refractivity contribution in [3.63, 3.8) is 0 Å². The van der Waals surface area contributed by atoms with Gasteiger partial charge in [0.2, 0.25) is 0 Å². The van der Waals surface area contributed by atoms with Gasteiger partial charge in [-0.2, -0.15) is 8.42 Å². The molecule has 0 radical (unpaired) electrons. The number of nitrogens with one attached hydrogen (secondary N) is 2. The molecule has 0 bridgehead atoms. The molecule has 1 atom stereocenters. The lowest BCUT2D eigenvalue weighted by atomic mass is 10.1. The van der Waals surface area contributed by atoms with Gasteiger partial charge in [-0.1, -0.05) is 17.7 Å². The van der Waals surface area contributed by atoms with E-state index in [1.54, 1.807) is 24.3 Å². The zero-order chi connectivity index (χ0) is 21.8. The molecular weight excluding hydrogens is 460 g/mol. The Balaban J connectivity index is 1.60. The van der Waals surface area contributed by atoms with Crippen LogP contribution in [0.5, 0.6) is 0 Å². The van der Waals surface area contributed by atoms with Gasteiger partial charge >= 0.3 is 21.8 Å². The van der Waals surface area contributed by atoms with E-state index in [0.29, 0.717) is 42.5 Å². The van der Waals surface area contributed by atoms with E-state index in [0.717, 1.165) is 21.4 Å². The number of rotatable bonds is 3. The van der Waals surface area contributed by atoms with Gasteiger partial charge in [-0.05, 0) is 30.5 Å². The molecule has 11 heteroatoms. The Hall–Kier alpha value is -1.82. The molecule has 1 saturated heterocycles. The predicted octanol–water partition coefficient (Wildman–Crippen LogP) is 2.53. The van der Waals surface area contributed by atoms with Crippen molar-refractivity contribution in [3.05, 3.63) is 46.6 Å². The Morgan fingerprint density at radius 3 is 2.84 bits per heavy atom. The Labute approximate surface area is 188 Å². The molecule has 2 aliphatic heterocycles. The van der Waals surface area contributed by atoms with Gasteiger partial charge in [-0.15, -0.1) is 15.2 Å². The lowest BCUT2D eigenvalue weighted by molar-refractivity contribution is -0.724. The standard InChI is InChI=1S/C20H22ClN4O4S2/c1-12-8-16-15(11-23-12)24-19(29-16)20(26)25(6-4-22-5-7-25)31(27,28)18-9-13-2-3-14(21)10-17(13)30-18/h2-3,9-10,12,22-23H,4-8,11H2,1H3/q+1. The van der Waals surface area contributed by atoms with E-state index >= 15 is 0 Å². The van der Waals surface area contributed by atoms with Gasteiger partial charge in [0.25, 0.3) is 0 Å². The number of quaternary nitrogens is 1. The van der Waals surface area contributed by atoms with Crippen molar-refractivity contribution in [1.82, 2.24) is 15.6 Å². The van der Waals surface area contributed by atoms with Crippen molar-refractivity contribution in [3.8, 4) is 0 Å². The summed E-state index contributed by atoms with van der Waals surface area (Å²) in [5.74, 6) is -0.0913. The first kappa shape index (κ1) is 21.0. The smallest absolute Gasteiger partial charge is 0.417 e. The highest BCUT2D eigenvalue weighted by Gasteiger charge is 2.54. The normalized spacial score (nSPS) is 21.2. The summed E-state index contributed by atoms with van der Waals surface area (Å²) in [5, 5.41) is 7.74. The van der Waals surface area contributed by atoms with Gasteiger partial charge in [0.1, 0.15) is 18.8 Å². The largest absolute Gasteiger partial charge is 0.434 e. The molecule has 4 heterocycles. The highest BCUT2D eigenvalue weighted by molar-refractivity contribution is 7.88. The third-order valence-corrected chi connectivity index (χ3v) is 10.0. The molecule has 1 unspecified atom stereocenters. The first-order chi connectivity index (χ1) is 14.8. The van der Waals surface area contributed by atoms with Gasteiger partial charge in [0, 0.05) is 41.8 Å². The highest BCUT2D eigenvalue weighted by atomic mass is 35.5. The number of halogens is 1. The summed E-state index contributed by atoms with van der Waals surface area (Å²) in [4.78, 5) is 18.1. The number of nitrogens with zero attached hydrogens (tertiary/aromatic N) is 2. The maximum atomic E-state index is 13.9. The number of piperazine rings is 1. The maximum absolute atomic E-state index is 13.9. The Bertz CT molecular complexity index is 1280. The van der Waals surface area contributed by atoms with Crippen LogP contribution in [0.4, 0.5) is 0 Å². The lowest BCUT2D eigenvalue weighted by Crippen LogP contribution is -2.64. The van der Waals surface area contributed by atoms with Crippen LogP contribution in [0.2, 0.25) is 5.02 Å². The van der Waals surface area contributed by atoms with Crippen molar-refractivity contribution >= 4 is 49.0 Å². The third-order valence-electron chi connectivity index (χ3n) is 5.91. The molecule has 0 spiro atoms. The number of oxazole rings is 1. The third kappa shape index (κ3) is 3.42. The molecule has 2 N–H and O–H groups in total. The second-order valence-corrected chi connectivity index (χ2v) is 11.9. The predicted molar refractivity (Wildman–Crippen MR) is 118 cm³/mol. The number of hydrogen-bond donors (Lipinski definition) is 2. The average molecular weight is 482 g/mol. The Kier molecular flexibility index (Phi) is 5.19. The molecule has 2 aliphatic rings. The van der Waals surface area contributed by atoms with Crippen molar-refractivity contribution in [2.75, 3.05) is 26.2 Å². The molecule has 1 amide bonds. The molecular formula is C20H22ClN4O4S2+. The minimum atomic E-state index is -4.05. The van der Waals surface area contributed by atoms with Gasteiger partial charge < -0.3 is 15.1 Å². The van der Waals surface area contributed by atoms with E-state index in [1.807, 2.05) is 6.92 Å². The van der Waals surface area contributed by atoms with Crippen molar-refractivity contribution in [1.29, 1.82) is 0 Å². The molecule has 8 nitrogen and oxygen atoms in total. The van der Waals surface area contributed by atoms with Crippen LogP contribution in [-0.4, -0.2) is 55.4 Å². The molecule has 2 aromatic heterocycles. The van der Waals surface area contributed by atoms with E-state index in [1.165, 1.54) is 0 Å². The number of amides is 1. The van der Waals surface area contributed by atoms with Crippen LogP contribution in [0.25, 0.3) is 10.1 Å². The molecule has 0 aliphatic carbocycles. The number of sulfonamides is 1. The zero-order valence-corrected chi connectivity index (χ0v) is 19.2. The van der Waals surface area contributed by atoms with Gasteiger partial charge in [0.05, 0.1) is 5.69 Å². The fourth-order valence-corrected chi connectivity index (χ4v) is 7.93. The summed E-state index contributed by atoms with van der Waals surface area (Å²) >= 11 is 7.20. The Morgan fingerprint density at radius 1 is 1.29 bits per heavy atom. The van der Waals surface area contributed by atoms with Crippen LogP contribution in [-0.2, 0) is 23.0 Å². The van der Waals surface area contributed by atoms with Crippen LogP contribution < -0.4 is 10.6 Å². The lowest BCUT2D eigenvalue weighted by Gasteiger charge is -2.35. The quantitative estimate of drug-likeness (QED) is 0.554. The number of hydrogen-bond acceptors (Lipinski definition) is 8. The number of carbonyl (C=O) groups excluding carboxylic acids is 1. The summed E-state index contributed by atoms with van der Waals surface area (Å²) < 4.78 is 33.8. The fraction of sp³-hybridized carbons (Fsp3) is 0.400. The topological polar surface area (TPSA) is 101 Å². The van der Waals surface area contributed by atoms with Crippen LogP contribution in [0.15, 0.2) is 32.9 Å². The molecule has 0 saturated carbocycles. The molecule has 31 heavy (non-hydrogen) atoms. The molecule has 164 valence electrons. The van der Waals surface area contributed by atoms with Gasteiger partial charge in [-0.3, -0.25) is 0 Å². The van der Waals surface area contributed by atoms with E-state index in [4.69, 9.17) is 16.0 Å². The first-order valence-electron chi connectivity index (χ1n) is 10.1. The van der Waals surface area contributed by atoms with Crippen LogP contribution >= 0.6 is 22.9 Å². The number of fused-ring (bicyclic) bond motifs is 2. The summed E-state index contributed by atoms with van der Waals surface area (Å²) in [6, 6.07) is 7.07. The minimum absolute atomic E-state index is 0.109. The fourth-order valence-electron chi connectivity index (χ4n) is 4.16. The van der Waals surface area contributed by atoms with Gasteiger partial charge in [0.15, 0.2) is 4.21 Å². The van der Waals surface area contributed by atoms with Crippen molar-refractivity contribution in [2.45, 2.75) is 30.1 Å². The van der Waals surface area contributed by atoms with Crippen LogP contribution in [0.3, 0.4) is 0 Å². The van der Waals surface area contributed by atoms with E-state index in [-0.39, 0.29) is 29.2 Å². The van der Waals surface area contributed by atoms with E-state index < -0.39 is 19.8 Å². The summed E-state index contributed by atoms with van der Waals surface area (Å²) in [6.45, 7) is 3.55. The average Bonchev–Trinajstić information content (AvgIpc) is 3.37. The number of benzene rings is 1. The van der Waals surface area contributed by atoms with Crippen LogP contribution in [0.1, 0.15) is 29.1 Å². The molecule has 3 aromatic rings. The molecule has 1 fully saturated rings. The number of thiophene rings is 1. The minimum Gasteiger partial charge on any atom is -0.434 e. The summed E-state index contributed by atoms with van der Waals surface area (Å²) in [7, 11) is -4.05. The maximum Gasteiger partial charge on any atom is 0.417 e. The first-order valence-corrected chi connectivity index (χ1v) is 12.7. The van der Waals surface area contributed by atoms with Crippen molar-refractivity contribution in [2.24, 2.45) is 0 Å². The zero-order valence-electron chi connectivity index (χ0n) is 16.9. The number of carbonyl (C=O) groups is 1. The van der Waals surface area contributed by atoms with E-state index in [2.05, 4.69) is 15.6 Å². The highest BCUT2D eigenvalue weighted by Crippen LogP contribution is 2.37. The summed E-state index contributed by atoms with van der Waals surface area (Å²) in [6.07, 6.45) is 0.612. The Morgan fingerprint density at radius 2 is 2.06 bits per heavy atom. The second-order valence-electron chi connectivity index (χ2n) is 7.99. The SMILES string of the molecule is CC1Cc2oc(C(=O)[N+]3(S(=O)(=O)c4cc5ccc(Cl)cc5s4)CCNCC3)nc2CN1. The van der Waals surface area contributed by atoms with Crippen LogP contribution in [0, 0.1) is 0 Å².